The maximum Gasteiger partial charge on any atom is 0.339 e. The van der Waals surface area contributed by atoms with E-state index in [0.29, 0.717) is 11.4 Å². The van der Waals surface area contributed by atoms with Crippen molar-refractivity contribution in [3.8, 4) is 22.9 Å². The molecule has 262 valence electrons. The monoisotopic (exact) mass is 722 g/mol. The van der Waals surface area contributed by atoms with Gasteiger partial charge >= 0.3 is 11.9 Å². The Hall–Kier alpha value is -5.20. The maximum absolute atomic E-state index is 14.4. The number of nitrogens with zero attached hydrogens (tertiary/aromatic N) is 2. The van der Waals surface area contributed by atoms with Crippen molar-refractivity contribution in [3.63, 3.8) is 0 Å². The van der Waals surface area contributed by atoms with Gasteiger partial charge in [-0.05, 0) is 84.0 Å². The van der Waals surface area contributed by atoms with Crippen LogP contribution in [0.25, 0.3) is 11.4 Å². The van der Waals surface area contributed by atoms with E-state index in [1.165, 1.54) is 40.7 Å². The fraction of sp³-hybridized carbons (Fsp3) is 0.278. The Morgan fingerprint density at radius 2 is 1.18 bits per heavy atom. The second-order valence-corrected chi connectivity index (χ2v) is 13.0. The first-order chi connectivity index (χ1) is 23.6. The number of aryl methyl sites for hydroxylation is 2. The zero-order valence-corrected chi connectivity index (χ0v) is 29.9. The number of carbonyl (C=O) groups excluding carboxylic acids is 2. The summed E-state index contributed by atoms with van der Waals surface area (Å²) in [7, 11) is 1.39. The lowest BCUT2D eigenvalue weighted by atomic mass is 9.84. The van der Waals surface area contributed by atoms with Crippen LogP contribution in [-0.4, -0.2) is 55.9 Å². The first-order valence-electron chi connectivity index (χ1n) is 15.6. The normalized spacial score (nSPS) is 11.4. The molecule has 0 aliphatic carbocycles. The fourth-order valence-corrected chi connectivity index (χ4v) is 6.12. The number of rotatable bonds is 10. The summed E-state index contributed by atoms with van der Waals surface area (Å²) in [5.74, 6) is -2.58. The number of halogens is 2. The Labute approximate surface area is 297 Å². The van der Waals surface area contributed by atoms with E-state index in [1.54, 1.807) is 71.9 Å². The molecule has 5 rings (SSSR count). The van der Waals surface area contributed by atoms with Gasteiger partial charge in [0.05, 0.1) is 68.9 Å². The van der Waals surface area contributed by atoms with Crippen molar-refractivity contribution >= 4 is 35.1 Å². The van der Waals surface area contributed by atoms with Crippen molar-refractivity contribution in [1.82, 2.24) is 19.6 Å². The minimum atomic E-state index is -1.13. The van der Waals surface area contributed by atoms with E-state index < -0.39 is 41.2 Å². The number of hydrogen-bond donors (Lipinski definition) is 3. The maximum atomic E-state index is 14.4. The van der Waals surface area contributed by atoms with Gasteiger partial charge in [-0.3, -0.25) is 19.8 Å². The summed E-state index contributed by atoms with van der Waals surface area (Å²) >= 11 is 12.7. The number of ether oxygens (including phenoxy) is 3. The molecular formula is C36H36Cl2N4O8. The van der Waals surface area contributed by atoms with Crippen LogP contribution in [0.5, 0.6) is 11.5 Å². The largest absolute Gasteiger partial charge is 0.504 e. The summed E-state index contributed by atoms with van der Waals surface area (Å²) in [4.78, 5) is 54.4. The molecule has 2 aromatic heterocycles. The van der Waals surface area contributed by atoms with Crippen LogP contribution >= 0.6 is 23.2 Å². The highest BCUT2D eigenvalue weighted by atomic mass is 35.5. The molecule has 14 heteroatoms. The molecule has 5 aromatic rings. The van der Waals surface area contributed by atoms with Crippen molar-refractivity contribution in [2.75, 3.05) is 7.11 Å². The van der Waals surface area contributed by atoms with Crippen molar-refractivity contribution in [1.29, 1.82) is 0 Å². The quantitative estimate of drug-likeness (QED) is 0.136. The number of benzene rings is 3. The van der Waals surface area contributed by atoms with Gasteiger partial charge in [-0.2, -0.15) is 0 Å². The van der Waals surface area contributed by atoms with E-state index in [-0.39, 0.29) is 60.7 Å². The van der Waals surface area contributed by atoms with Crippen molar-refractivity contribution < 1.29 is 28.9 Å². The summed E-state index contributed by atoms with van der Waals surface area (Å²) in [6, 6.07) is 13.7. The number of phenols is 1. The Morgan fingerprint density at radius 1 is 0.740 bits per heavy atom. The molecule has 0 bridgehead atoms. The van der Waals surface area contributed by atoms with Gasteiger partial charge in [-0.15, -0.1) is 0 Å². The average Bonchev–Trinajstić information content (AvgIpc) is 3.51. The van der Waals surface area contributed by atoms with Crippen LogP contribution < -0.4 is 15.9 Å². The van der Waals surface area contributed by atoms with Crippen LogP contribution in [0.15, 0.2) is 64.2 Å². The number of nitrogens with one attached hydrogen (secondary N) is 2. The Bertz CT molecular complexity index is 2100. The van der Waals surface area contributed by atoms with Crippen LogP contribution in [0.4, 0.5) is 0 Å². The number of hydrogen-bond acceptors (Lipinski definition) is 8. The smallest absolute Gasteiger partial charge is 0.339 e. The third kappa shape index (κ3) is 6.81. The number of para-hydroxylation sites is 1. The topological polar surface area (TPSA) is 158 Å². The Kier molecular flexibility index (Phi) is 10.4. The molecule has 0 aliphatic heterocycles. The molecule has 0 fully saturated rings. The minimum Gasteiger partial charge on any atom is -0.504 e. The molecule has 0 aliphatic rings. The highest BCUT2D eigenvalue weighted by Crippen LogP contribution is 2.41. The van der Waals surface area contributed by atoms with Crippen LogP contribution in [0.2, 0.25) is 10.0 Å². The predicted octanol–water partition coefficient (Wildman–Crippen LogP) is 6.59. The second kappa shape index (κ2) is 14.3. The van der Waals surface area contributed by atoms with Gasteiger partial charge in [0.25, 0.3) is 11.1 Å². The number of aromatic amines is 2. The zero-order valence-electron chi connectivity index (χ0n) is 28.4. The van der Waals surface area contributed by atoms with E-state index in [1.807, 2.05) is 0 Å². The van der Waals surface area contributed by atoms with Crippen LogP contribution in [-0.2, 0) is 9.47 Å². The van der Waals surface area contributed by atoms with E-state index in [9.17, 15) is 24.3 Å². The molecule has 0 saturated heterocycles. The van der Waals surface area contributed by atoms with E-state index in [2.05, 4.69) is 10.2 Å². The van der Waals surface area contributed by atoms with Crippen molar-refractivity contribution in [2.24, 2.45) is 0 Å². The molecule has 0 unspecified atom stereocenters. The van der Waals surface area contributed by atoms with Gasteiger partial charge in [0.2, 0.25) is 0 Å². The molecular weight excluding hydrogens is 687 g/mol. The SMILES string of the molecule is COc1cccc(C(c2c(C)[nH]n(-c3ccc(Cl)c(C(=O)OC(C)C)c3)c2=O)c2c(C)[nH]n(-c3ccc(Cl)c(C(=O)OC(C)C)c3)c2=O)c1O. The fourth-order valence-electron chi connectivity index (χ4n) is 5.73. The van der Waals surface area contributed by atoms with Crippen LogP contribution in [0.1, 0.15) is 82.4 Å². The Balaban J connectivity index is 1.73. The van der Waals surface area contributed by atoms with Gasteiger partial charge in [0.1, 0.15) is 0 Å². The van der Waals surface area contributed by atoms with Crippen LogP contribution in [0, 0.1) is 13.8 Å². The molecule has 0 atom stereocenters. The molecule has 0 saturated carbocycles. The van der Waals surface area contributed by atoms with Crippen LogP contribution in [0.3, 0.4) is 0 Å². The molecule has 50 heavy (non-hydrogen) atoms. The highest BCUT2D eigenvalue weighted by molar-refractivity contribution is 6.34. The Morgan fingerprint density at radius 3 is 1.58 bits per heavy atom. The predicted molar refractivity (Wildman–Crippen MR) is 189 cm³/mol. The van der Waals surface area contributed by atoms with Gasteiger partial charge < -0.3 is 19.3 Å². The second-order valence-electron chi connectivity index (χ2n) is 12.1. The first kappa shape index (κ1) is 36.1. The third-order valence-corrected chi connectivity index (χ3v) is 8.57. The molecule has 2 heterocycles. The van der Waals surface area contributed by atoms with Crippen molar-refractivity contribution in [3.05, 3.63) is 125 Å². The summed E-state index contributed by atoms with van der Waals surface area (Å²) in [5, 5.41) is 17.8. The minimum absolute atomic E-state index is 0.0598. The number of H-pyrrole nitrogens is 2. The molecule has 0 spiro atoms. The van der Waals surface area contributed by atoms with Gasteiger partial charge in [-0.1, -0.05) is 35.3 Å². The summed E-state index contributed by atoms with van der Waals surface area (Å²) in [6.45, 7) is 10.1. The lowest BCUT2D eigenvalue weighted by molar-refractivity contribution is 0.0367. The standard InChI is InChI=1S/C36H36Cl2N4O8/c1-17(2)49-35(46)24-15-21(11-13-26(24)37)41-33(44)29(19(5)39-41)31(23-9-8-10-28(48-7)32(23)43)30-20(6)40-42(34(30)45)22-12-14-27(38)25(16-22)36(47)50-18(3)4/h8-18,31,39-40,43H,1-7H3. The average molecular weight is 724 g/mol. The van der Waals surface area contributed by atoms with E-state index in [4.69, 9.17) is 37.4 Å². The van der Waals surface area contributed by atoms with Gasteiger partial charge in [-0.25, -0.2) is 19.0 Å². The summed E-state index contributed by atoms with van der Waals surface area (Å²) in [6.07, 6.45) is -0.801. The lowest BCUT2D eigenvalue weighted by Gasteiger charge is -2.18. The van der Waals surface area contributed by atoms with E-state index >= 15 is 0 Å². The highest BCUT2D eigenvalue weighted by Gasteiger charge is 2.33. The molecule has 3 N–H and O–H groups in total. The molecule has 0 amide bonds. The van der Waals surface area contributed by atoms with Gasteiger partial charge in [0.15, 0.2) is 11.5 Å². The number of carbonyl (C=O) groups is 2. The molecule has 3 aromatic carbocycles. The molecule has 0 radical (unpaired) electrons. The summed E-state index contributed by atoms with van der Waals surface area (Å²) in [5.41, 5.74) is 0.809. The lowest BCUT2D eigenvalue weighted by Crippen LogP contribution is -2.25. The summed E-state index contributed by atoms with van der Waals surface area (Å²) < 4.78 is 18.5. The molecule has 12 nitrogen and oxygen atoms in total. The number of aromatic hydroxyl groups is 1. The first-order valence-corrected chi connectivity index (χ1v) is 16.4. The third-order valence-electron chi connectivity index (χ3n) is 7.91. The number of aromatic nitrogens is 4. The van der Waals surface area contributed by atoms with Gasteiger partial charge in [0, 0.05) is 17.0 Å². The number of esters is 2. The zero-order chi connectivity index (χ0) is 36.6. The number of phenolic OH excluding ortho intramolecular Hbond substituents is 1. The van der Waals surface area contributed by atoms with Crippen molar-refractivity contribution in [2.45, 2.75) is 59.7 Å². The van der Waals surface area contributed by atoms with E-state index in [0.717, 1.165) is 0 Å². The number of methoxy groups -OCH3 is 1.